The third-order valence-electron chi connectivity index (χ3n) is 6.12. The SMILES string of the molecule is CCOC(=O)c1ccc(N=C2SC(C(=O)Nc3ccc(C(=O)O)cc3)CC(=O)N2CCCc2ccccc2)cc1. The van der Waals surface area contributed by atoms with E-state index in [0.29, 0.717) is 35.1 Å². The second kappa shape index (κ2) is 13.6. The first-order valence-electron chi connectivity index (χ1n) is 12.8. The van der Waals surface area contributed by atoms with Gasteiger partial charge >= 0.3 is 11.9 Å². The number of esters is 1. The number of hydrogen-bond donors (Lipinski definition) is 2. The molecule has 1 aliphatic rings. The van der Waals surface area contributed by atoms with Crippen molar-refractivity contribution in [3.63, 3.8) is 0 Å². The van der Waals surface area contributed by atoms with E-state index < -0.39 is 17.2 Å². The molecule has 3 aromatic carbocycles. The van der Waals surface area contributed by atoms with Gasteiger partial charge in [-0.05, 0) is 73.9 Å². The van der Waals surface area contributed by atoms with Crippen LogP contribution >= 0.6 is 11.8 Å². The summed E-state index contributed by atoms with van der Waals surface area (Å²) in [6.07, 6.45) is 1.49. The van der Waals surface area contributed by atoms with Crippen molar-refractivity contribution < 1.29 is 29.0 Å². The Kier molecular flexibility index (Phi) is 9.69. The highest BCUT2D eigenvalue weighted by atomic mass is 32.2. The number of aliphatic imine (C=N–C) groups is 1. The standard InChI is InChI=1S/C30H29N3O6S/c1-2-39-29(38)22-12-16-24(17-13-22)32-30-33(18-6-9-20-7-4-3-5-8-20)26(34)19-25(40-30)27(35)31-23-14-10-21(11-15-23)28(36)37/h3-5,7-8,10-17,25H,2,6,9,18-19H2,1H3,(H,31,35)(H,36,37). The number of aryl methyl sites for hydroxylation is 1. The van der Waals surface area contributed by atoms with Crippen LogP contribution < -0.4 is 5.32 Å². The third-order valence-corrected chi connectivity index (χ3v) is 7.31. The van der Waals surface area contributed by atoms with Gasteiger partial charge in [0.1, 0.15) is 5.25 Å². The Labute approximate surface area is 236 Å². The van der Waals surface area contributed by atoms with Crippen LogP contribution in [0.3, 0.4) is 0 Å². The number of amides is 2. The Morgan fingerprint density at radius 2 is 1.68 bits per heavy atom. The largest absolute Gasteiger partial charge is 0.478 e. The van der Waals surface area contributed by atoms with E-state index in [1.807, 2.05) is 30.3 Å². The molecule has 0 aromatic heterocycles. The molecule has 0 radical (unpaired) electrons. The van der Waals surface area contributed by atoms with E-state index in [1.165, 1.54) is 41.6 Å². The van der Waals surface area contributed by atoms with Gasteiger partial charge in [0, 0.05) is 18.7 Å². The van der Waals surface area contributed by atoms with Gasteiger partial charge in [-0.2, -0.15) is 0 Å². The molecule has 2 amide bonds. The van der Waals surface area contributed by atoms with E-state index in [0.717, 1.165) is 6.42 Å². The lowest BCUT2D eigenvalue weighted by atomic mass is 10.1. The number of anilines is 1. The lowest BCUT2D eigenvalue weighted by Crippen LogP contribution is -2.45. The van der Waals surface area contributed by atoms with E-state index in [-0.39, 0.29) is 30.4 Å². The minimum Gasteiger partial charge on any atom is -0.478 e. The molecule has 0 aliphatic carbocycles. The number of ether oxygens (including phenoxy) is 1. The topological polar surface area (TPSA) is 125 Å². The Morgan fingerprint density at radius 1 is 1.00 bits per heavy atom. The second-order valence-corrected chi connectivity index (χ2v) is 10.1. The van der Waals surface area contributed by atoms with Gasteiger partial charge in [0.2, 0.25) is 11.8 Å². The highest BCUT2D eigenvalue weighted by Gasteiger charge is 2.35. The van der Waals surface area contributed by atoms with Gasteiger partial charge in [-0.25, -0.2) is 14.6 Å². The first kappa shape index (κ1) is 28.6. The molecular formula is C30H29N3O6S. The number of benzene rings is 3. The number of rotatable bonds is 10. The number of amidine groups is 1. The number of carbonyl (C=O) groups is 4. The fourth-order valence-corrected chi connectivity index (χ4v) is 5.19. The number of aromatic carboxylic acids is 1. The lowest BCUT2D eigenvalue weighted by Gasteiger charge is -2.32. The molecule has 10 heteroatoms. The molecule has 1 fully saturated rings. The minimum atomic E-state index is -1.06. The van der Waals surface area contributed by atoms with Gasteiger partial charge in [0.25, 0.3) is 0 Å². The summed E-state index contributed by atoms with van der Waals surface area (Å²) in [7, 11) is 0. The molecule has 1 atom stereocenters. The van der Waals surface area contributed by atoms with E-state index in [4.69, 9.17) is 9.84 Å². The molecule has 40 heavy (non-hydrogen) atoms. The highest BCUT2D eigenvalue weighted by molar-refractivity contribution is 8.15. The van der Waals surface area contributed by atoms with Gasteiger partial charge in [0.15, 0.2) is 5.17 Å². The zero-order valence-electron chi connectivity index (χ0n) is 21.9. The molecule has 1 unspecified atom stereocenters. The van der Waals surface area contributed by atoms with Crippen molar-refractivity contribution >= 4 is 52.1 Å². The molecule has 1 saturated heterocycles. The molecule has 1 heterocycles. The van der Waals surface area contributed by atoms with Crippen molar-refractivity contribution in [2.24, 2.45) is 4.99 Å². The van der Waals surface area contributed by atoms with Crippen molar-refractivity contribution in [3.05, 3.63) is 95.6 Å². The van der Waals surface area contributed by atoms with Crippen LogP contribution in [-0.2, 0) is 20.7 Å². The number of carboxylic acid groups (broad SMARTS) is 1. The molecule has 206 valence electrons. The van der Waals surface area contributed by atoms with Crippen LogP contribution in [0.15, 0.2) is 83.9 Å². The molecule has 3 aromatic rings. The van der Waals surface area contributed by atoms with Crippen LogP contribution in [0.4, 0.5) is 11.4 Å². The Bertz CT molecular complexity index is 1390. The van der Waals surface area contributed by atoms with Crippen LogP contribution in [0.25, 0.3) is 0 Å². The molecule has 1 aliphatic heterocycles. The van der Waals surface area contributed by atoms with E-state index in [2.05, 4.69) is 10.3 Å². The maximum atomic E-state index is 13.3. The summed E-state index contributed by atoms with van der Waals surface area (Å²) >= 11 is 1.20. The Hall–Kier alpha value is -4.44. The smallest absolute Gasteiger partial charge is 0.338 e. The summed E-state index contributed by atoms with van der Waals surface area (Å²) in [5.74, 6) is -2.08. The number of carboxylic acids is 1. The van der Waals surface area contributed by atoms with E-state index >= 15 is 0 Å². The Balaban J connectivity index is 1.52. The van der Waals surface area contributed by atoms with Crippen molar-refractivity contribution in [3.8, 4) is 0 Å². The summed E-state index contributed by atoms with van der Waals surface area (Å²) in [5, 5.41) is 11.5. The average molecular weight is 560 g/mol. The fraction of sp³-hybridized carbons (Fsp3) is 0.233. The third kappa shape index (κ3) is 7.57. The van der Waals surface area contributed by atoms with Crippen LogP contribution in [0.2, 0.25) is 0 Å². The van der Waals surface area contributed by atoms with Gasteiger partial charge in [-0.1, -0.05) is 42.1 Å². The molecule has 0 saturated carbocycles. The molecule has 4 rings (SSSR count). The summed E-state index contributed by atoms with van der Waals surface area (Å²) in [6, 6.07) is 22.3. The minimum absolute atomic E-state index is 0.00410. The van der Waals surface area contributed by atoms with Gasteiger partial charge in [-0.3, -0.25) is 14.5 Å². The molecule has 0 bridgehead atoms. The summed E-state index contributed by atoms with van der Waals surface area (Å²) in [6.45, 7) is 2.44. The normalized spacial score (nSPS) is 16.0. The molecule has 2 N–H and O–H groups in total. The second-order valence-electron chi connectivity index (χ2n) is 8.98. The monoisotopic (exact) mass is 559 g/mol. The number of nitrogens with zero attached hydrogens (tertiary/aromatic N) is 2. The lowest BCUT2D eigenvalue weighted by molar-refractivity contribution is -0.129. The Morgan fingerprint density at radius 3 is 2.33 bits per heavy atom. The van der Waals surface area contributed by atoms with Crippen LogP contribution in [0.1, 0.15) is 46.0 Å². The first-order valence-corrected chi connectivity index (χ1v) is 13.7. The van der Waals surface area contributed by atoms with Crippen LogP contribution in [0, 0.1) is 0 Å². The zero-order valence-corrected chi connectivity index (χ0v) is 22.7. The number of thioether (sulfide) groups is 1. The van der Waals surface area contributed by atoms with Crippen molar-refractivity contribution in [1.82, 2.24) is 4.90 Å². The number of carbonyl (C=O) groups excluding carboxylic acids is 3. The summed E-state index contributed by atoms with van der Waals surface area (Å²) in [4.78, 5) is 55.8. The number of nitrogens with one attached hydrogen (secondary N) is 1. The first-order chi connectivity index (χ1) is 19.3. The summed E-state index contributed by atoms with van der Waals surface area (Å²) < 4.78 is 5.03. The van der Waals surface area contributed by atoms with E-state index in [9.17, 15) is 19.2 Å². The predicted octanol–water partition coefficient (Wildman–Crippen LogP) is 5.15. The van der Waals surface area contributed by atoms with Crippen molar-refractivity contribution in [2.45, 2.75) is 31.4 Å². The van der Waals surface area contributed by atoms with Gasteiger partial charge < -0.3 is 15.2 Å². The fourth-order valence-electron chi connectivity index (χ4n) is 4.06. The van der Waals surface area contributed by atoms with E-state index in [1.54, 1.807) is 36.1 Å². The summed E-state index contributed by atoms with van der Waals surface area (Å²) in [5.41, 5.74) is 2.63. The van der Waals surface area contributed by atoms with Crippen molar-refractivity contribution in [2.75, 3.05) is 18.5 Å². The van der Waals surface area contributed by atoms with Crippen molar-refractivity contribution in [1.29, 1.82) is 0 Å². The van der Waals surface area contributed by atoms with Gasteiger partial charge in [0.05, 0.1) is 23.4 Å². The predicted molar refractivity (Wildman–Crippen MR) is 154 cm³/mol. The van der Waals surface area contributed by atoms with Crippen LogP contribution in [0.5, 0.6) is 0 Å². The van der Waals surface area contributed by atoms with Crippen LogP contribution in [-0.4, -0.2) is 57.3 Å². The average Bonchev–Trinajstić information content (AvgIpc) is 2.95. The molecular weight excluding hydrogens is 530 g/mol. The zero-order chi connectivity index (χ0) is 28.5. The number of hydrogen-bond acceptors (Lipinski definition) is 7. The molecule has 0 spiro atoms. The maximum Gasteiger partial charge on any atom is 0.338 e. The highest BCUT2D eigenvalue weighted by Crippen LogP contribution is 2.30. The maximum absolute atomic E-state index is 13.3. The van der Waals surface area contributed by atoms with Gasteiger partial charge in [-0.15, -0.1) is 0 Å². The quantitative estimate of drug-likeness (QED) is 0.329. The molecule has 9 nitrogen and oxygen atoms in total.